The average Bonchev–Trinajstić information content (AvgIpc) is 3.00. The summed E-state index contributed by atoms with van der Waals surface area (Å²) in [4.78, 5) is 17.4. The Labute approximate surface area is 192 Å². The van der Waals surface area contributed by atoms with Gasteiger partial charge in [0.2, 0.25) is 0 Å². The molecular weight excluding hydrogens is 523 g/mol. The first kappa shape index (κ1) is 21.7. The van der Waals surface area contributed by atoms with Crippen LogP contribution in [-0.2, 0) is 4.79 Å². The first-order chi connectivity index (χ1) is 14.0. The fourth-order valence-corrected chi connectivity index (χ4v) is 4.32. The van der Waals surface area contributed by atoms with Gasteiger partial charge < -0.3 is 14.8 Å². The van der Waals surface area contributed by atoms with Gasteiger partial charge in [-0.1, -0.05) is 30.3 Å². The minimum absolute atomic E-state index is 0.198. The summed E-state index contributed by atoms with van der Waals surface area (Å²) in [5, 5.41) is 3.88. The Kier molecular flexibility index (Phi) is 7.63. The molecule has 3 rings (SSSR count). The zero-order valence-electron chi connectivity index (χ0n) is 15.6. The number of halogens is 2. The lowest BCUT2D eigenvalue weighted by Crippen LogP contribution is -2.19. The molecule has 0 unspecified atom stereocenters. The lowest BCUT2D eigenvalue weighted by Gasteiger charge is -2.13. The Balaban J connectivity index is 1.87. The highest BCUT2D eigenvalue weighted by molar-refractivity contribution is 14.1. The molecule has 8 heteroatoms. The lowest BCUT2D eigenvalue weighted by molar-refractivity contribution is -0.115. The van der Waals surface area contributed by atoms with Crippen molar-refractivity contribution in [1.82, 2.24) is 5.32 Å². The molecular formula is C21H18ClIN2O3S. The summed E-state index contributed by atoms with van der Waals surface area (Å²) in [7, 11) is 0. The average molecular weight is 541 g/mol. The third-order valence-electron chi connectivity index (χ3n) is 3.66. The number of nitrogens with zero attached hydrogens (tertiary/aromatic N) is 1. The lowest BCUT2D eigenvalue weighted by atomic mass is 10.2. The van der Waals surface area contributed by atoms with Gasteiger partial charge in [-0.15, -0.1) is 0 Å². The molecule has 0 bridgehead atoms. The number of rotatable bonds is 7. The number of thioether (sulfide) groups is 1. The van der Waals surface area contributed by atoms with Crippen molar-refractivity contribution >= 4 is 68.8 Å². The topological polar surface area (TPSA) is 59.9 Å². The largest absolute Gasteiger partial charge is 0.490 e. The molecule has 2 aromatic rings. The number of amides is 1. The van der Waals surface area contributed by atoms with E-state index in [2.05, 4.69) is 39.5 Å². The minimum Gasteiger partial charge on any atom is -0.490 e. The summed E-state index contributed by atoms with van der Waals surface area (Å²) >= 11 is 9.46. The van der Waals surface area contributed by atoms with E-state index in [0.29, 0.717) is 45.5 Å². The smallest absolute Gasteiger partial charge is 0.264 e. The summed E-state index contributed by atoms with van der Waals surface area (Å²) < 4.78 is 12.3. The van der Waals surface area contributed by atoms with Crippen LogP contribution < -0.4 is 14.8 Å². The van der Waals surface area contributed by atoms with Gasteiger partial charge in [-0.3, -0.25) is 4.79 Å². The molecule has 0 radical (unpaired) electrons. The molecule has 1 heterocycles. The third kappa shape index (κ3) is 5.77. The number of aliphatic imine (C=N–C) groups is 1. The SMILES string of the molecule is C=CCOc1c(I)cc(/C=C2\SC(=Nc3cccc(Cl)c3)NC2=O)cc1OCC. The number of hydrogen-bond acceptors (Lipinski definition) is 5. The van der Waals surface area contributed by atoms with E-state index >= 15 is 0 Å². The van der Waals surface area contributed by atoms with Gasteiger partial charge in [-0.25, -0.2) is 4.99 Å². The van der Waals surface area contributed by atoms with E-state index in [0.717, 1.165) is 9.13 Å². The molecule has 1 aliphatic heterocycles. The van der Waals surface area contributed by atoms with Crippen molar-refractivity contribution in [2.24, 2.45) is 4.99 Å². The van der Waals surface area contributed by atoms with Crippen LogP contribution in [0.5, 0.6) is 11.5 Å². The number of nitrogens with one attached hydrogen (secondary N) is 1. The van der Waals surface area contributed by atoms with Gasteiger partial charge in [0.05, 0.1) is 20.8 Å². The van der Waals surface area contributed by atoms with Crippen LogP contribution in [0.3, 0.4) is 0 Å². The van der Waals surface area contributed by atoms with Crippen molar-refractivity contribution < 1.29 is 14.3 Å². The third-order valence-corrected chi connectivity index (χ3v) is 5.61. The molecule has 0 aromatic heterocycles. The van der Waals surface area contributed by atoms with Crippen LogP contribution in [0.4, 0.5) is 5.69 Å². The van der Waals surface area contributed by atoms with Gasteiger partial charge in [0, 0.05) is 5.02 Å². The van der Waals surface area contributed by atoms with Crippen molar-refractivity contribution in [1.29, 1.82) is 0 Å². The summed E-state index contributed by atoms with van der Waals surface area (Å²) in [5.74, 6) is 1.10. The molecule has 29 heavy (non-hydrogen) atoms. The first-order valence-electron chi connectivity index (χ1n) is 8.75. The van der Waals surface area contributed by atoms with Crippen molar-refractivity contribution in [3.63, 3.8) is 0 Å². The molecule has 1 fully saturated rings. The maximum Gasteiger partial charge on any atom is 0.264 e. The van der Waals surface area contributed by atoms with E-state index in [-0.39, 0.29) is 5.91 Å². The van der Waals surface area contributed by atoms with Crippen LogP contribution in [-0.4, -0.2) is 24.3 Å². The maximum absolute atomic E-state index is 12.4. The number of ether oxygens (including phenoxy) is 2. The van der Waals surface area contributed by atoms with E-state index in [9.17, 15) is 4.79 Å². The Hall–Kier alpha value is -1.97. The van der Waals surface area contributed by atoms with Crippen LogP contribution in [0, 0.1) is 3.57 Å². The second kappa shape index (κ2) is 10.2. The van der Waals surface area contributed by atoms with E-state index in [1.807, 2.05) is 37.3 Å². The summed E-state index contributed by atoms with van der Waals surface area (Å²) in [6.07, 6.45) is 3.49. The van der Waals surface area contributed by atoms with E-state index in [1.54, 1.807) is 18.2 Å². The van der Waals surface area contributed by atoms with Gasteiger partial charge >= 0.3 is 0 Å². The van der Waals surface area contributed by atoms with Gasteiger partial charge in [0.1, 0.15) is 6.61 Å². The highest BCUT2D eigenvalue weighted by Crippen LogP contribution is 2.36. The summed E-state index contributed by atoms with van der Waals surface area (Å²) in [6.45, 7) is 6.48. The van der Waals surface area contributed by atoms with Gasteiger partial charge in [0.25, 0.3) is 5.91 Å². The quantitative estimate of drug-likeness (QED) is 0.274. The fraction of sp³-hybridized carbons (Fsp3) is 0.143. The predicted octanol–water partition coefficient (Wildman–Crippen LogP) is 5.80. The number of carbonyl (C=O) groups is 1. The summed E-state index contributed by atoms with van der Waals surface area (Å²) in [6, 6.07) is 10.9. The fourth-order valence-electron chi connectivity index (χ4n) is 2.51. The van der Waals surface area contributed by atoms with Crippen LogP contribution in [0.2, 0.25) is 5.02 Å². The molecule has 1 saturated heterocycles. The highest BCUT2D eigenvalue weighted by Gasteiger charge is 2.24. The van der Waals surface area contributed by atoms with Crippen LogP contribution in [0.15, 0.2) is 59.0 Å². The molecule has 1 amide bonds. The molecule has 0 aliphatic carbocycles. The zero-order chi connectivity index (χ0) is 20.8. The first-order valence-corrected chi connectivity index (χ1v) is 11.0. The molecule has 0 spiro atoms. The molecule has 150 valence electrons. The minimum atomic E-state index is -0.198. The van der Waals surface area contributed by atoms with Crippen molar-refractivity contribution in [2.45, 2.75) is 6.92 Å². The Morgan fingerprint density at radius 3 is 2.86 bits per heavy atom. The Bertz CT molecular complexity index is 1010. The van der Waals surface area contributed by atoms with E-state index < -0.39 is 0 Å². The molecule has 1 N–H and O–H groups in total. The Morgan fingerprint density at radius 2 is 2.14 bits per heavy atom. The van der Waals surface area contributed by atoms with Crippen LogP contribution in [0.1, 0.15) is 12.5 Å². The normalized spacial score (nSPS) is 16.2. The summed E-state index contributed by atoms with van der Waals surface area (Å²) in [5.41, 5.74) is 1.52. The predicted molar refractivity (Wildman–Crippen MR) is 128 cm³/mol. The van der Waals surface area contributed by atoms with Crippen LogP contribution in [0.25, 0.3) is 6.08 Å². The second-order valence-electron chi connectivity index (χ2n) is 5.82. The molecule has 2 aromatic carbocycles. The number of benzene rings is 2. The van der Waals surface area contributed by atoms with Crippen LogP contribution >= 0.6 is 46.0 Å². The zero-order valence-corrected chi connectivity index (χ0v) is 19.3. The van der Waals surface area contributed by atoms with Gasteiger partial charge in [0.15, 0.2) is 16.7 Å². The van der Waals surface area contributed by atoms with Crippen molar-refractivity contribution in [3.05, 3.63) is 68.1 Å². The monoisotopic (exact) mass is 540 g/mol. The molecule has 5 nitrogen and oxygen atoms in total. The second-order valence-corrected chi connectivity index (χ2v) is 8.45. The van der Waals surface area contributed by atoms with Crippen molar-refractivity contribution in [3.8, 4) is 11.5 Å². The standard InChI is InChI=1S/C21H18ClIN2O3S/c1-3-8-28-19-16(23)9-13(10-17(19)27-4-2)11-18-20(26)25-21(29-18)24-15-7-5-6-14(22)12-15/h3,5-7,9-12H,1,4,8H2,2H3,(H,24,25,26)/b18-11-. The van der Waals surface area contributed by atoms with Gasteiger partial charge in [-0.05, 0) is 83.2 Å². The van der Waals surface area contributed by atoms with E-state index in [1.165, 1.54) is 11.8 Å². The number of carbonyl (C=O) groups excluding carboxylic acids is 1. The maximum atomic E-state index is 12.4. The molecule has 1 aliphatic rings. The van der Waals surface area contributed by atoms with E-state index in [4.69, 9.17) is 21.1 Å². The highest BCUT2D eigenvalue weighted by atomic mass is 127. The van der Waals surface area contributed by atoms with Crippen molar-refractivity contribution in [2.75, 3.05) is 13.2 Å². The number of amidine groups is 1. The van der Waals surface area contributed by atoms with Gasteiger partial charge in [-0.2, -0.15) is 0 Å². The molecule has 0 atom stereocenters. The number of hydrogen-bond donors (Lipinski definition) is 1. The molecule has 0 saturated carbocycles. The Morgan fingerprint density at radius 1 is 1.31 bits per heavy atom.